The van der Waals surface area contributed by atoms with Gasteiger partial charge in [-0.2, -0.15) is 5.11 Å². The minimum absolute atomic E-state index is 0.978. The van der Waals surface area contributed by atoms with Crippen molar-refractivity contribution in [3.63, 3.8) is 0 Å². The van der Waals surface area contributed by atoms with Crippen LogP contribution in [-0.4, -0.2) is 4.98 Å². The van der Waals surface area contributed by atoms with Gasteiger partial charge < -0.3 is 5.32 Å². The monoisotopic (exact) mass is 218 g/mol. The number of thiazole rings is 1. The molecular formula is C10H10N4S. The third kappa shape index (κ3) is 2.19. The molecule has 0 aliphatic carbocycles. The Morgan fingerprint density at radius 2 is 2.40 bits per heavy atom. The van der Waals surface area contributed by atoms with E-state index in [1.54, 1.807) is 17.5 Å². The standard InChI is InChI=1S/C10H10N4S/c1-7-14-9-3-2-8(6-10(9)15-7)12-4-5-13-11/h2-6,11-12H,1H3/b5-4-,13-11?. The number of benzene rings is 1. The quantitative estimate of drug-likeness (QED) is 0.774. The van der Waals surface area contributed by atoms with Crippen LogP contribution in [0.15, 0.2) is 35.7 Å². The van der Waals surface area contributed by atoms with E-state index in [-0.39, 0.29) is 0 Å². The number of hydrogen-bond donors (Lipinski definition) is 2. The van der Waals surface area contributed by atoms with Crippen LogP contribution in [0.2, 0.25) is 0 Å². The Hall–Kier alpha value is -1.75. The maximum Gasteiger partial charge on any atom is 0.0907 e. The van der Waals surface area contributed by atoms with E-state index in [1.165, 1.54) is 6.20 Å². The van der Waals surface area contributed by atoms with Crippen molar-refractivity contribution in [2.24, 2.45) is 5.11 Å². The molecule has 0 fully saturated rings. The van der Waals surface area contributed by atoms with Crippen LogP contribution in [0.3, 0.4) is 0 Å². The molecule has 2 aromatic rings. The molecule has 0 atom stereocenters. The predicted octanol–water partition coefficient (Wildman–Crippen LogP) is 3.52. The first-order valence-electron chi connectivity index (χ1n) is 4.45. The summed E-state index contributed by atoms with van der Waals surface area (Å²) >= 11 is 1.67. The topological polar surface area (TPSA) is 61.1 Å². The van der Waals surface area contributed by atoms with Gasteiger partial charge in [-0.05, 0) is 25.1 Å². The lowest BCUT2D eigenvalue weighted by atomic mass is 10.3. The summed E-state index contributed by atoms with van der Waals surface area (Å²) in [5.41, 5.74) is 8.60. The highest BCUT2D eigenvalue weighted by Gasteiger charge is 2.00. The van der Waals surface area contributed by atoms with Gasteiger partial charge in [0.05, 0.1) is 21.4 Å². The van der Waals surface area contributed by atoms with Crippen molar-refractivity contribution >= 4 is 27.2 Å². The van der Waals surface area contributed by atoms with E-state index < -0.39 is 0 Å². The van der Waals surface area contributed by atoms with Crippen molar-refractivity contribution in [3.8, 4) is 0 Å². The highest BCUT2D eigenvalue weighted by molar-refractivity contribution is 7.18. The molecule has 0 aliphatic heterocycles. The first kappa shape index (κ1) is 9.79. The molecule has 0 bridgehead atoms. The number of rotatable bonds is 3. The molecule has 0 spiro atoms. The van der Waals surface area contributed by atoms with Crippen molar-refractivity contribution in [1.29, 1.82) is 5.53 Å². The summed E-state index contributed by atoms with van der Waals surface area (Å²) in [4.78, 5) is 4.37. The summed E-state index contributed by atoms with van der Waals surface area (Å²) in [5, 5.41) is 7.21. The van der Waals surface area contributed by atoms with Gasteiger partial charge in [-0.15, -0.1) is 11.3 Å². The number of nitrogens with one attached hydrogen (secondary N) is 2. The van der Waals surface area contributed by atoms with Crippen LogP contribution in [0.1, 0.15) is 5.01 Å². The van der Waals surface area contributed by atoms with Crippen LogP contribution in [0.5, 0.6) is 0 Å². The molecule has 15 heavy (non-hydrogen) atoms. The average Bonchev–Trinajstić information content (AvgIpc) is 2.57. The minimum atomic E-state index is 0.978. The zero-order chi connectivity index (χ0) is 10.7. The molecule has 1 heterocycles. The molecule has 0 radical (unpaired) electrons. The van der Waals surface area contributed by atoms with Crippen molar-refractivity contribution in [3.05, 3.63) is 35.6 Å². The van der Waals surface area contributed by atoms with E-state index >= 15 is 0 Å². The summed E-state index contributed by atoms with van der Waals surface area (Å²) in [6.45, 7) is 2.00. The van der Waals surface area contributed by atoms with Crippen LogP contribution in [-0.2, 0) is 0 Å². The normalized spacial score (nSPS) is 11.0. The zero-order valence-corrected chi connectivity index (χ0v) is 9.01. The van der Waals surface area contributed by atoms with E-state index in [4.69, 9.17) is 5.53 Å². The van der Waals surface area contributed by atoms with Crippen molar-refractivity contribution in [2.45, 2.75) is 6.92 Å². The summed E-state index contributed by atoms with van der Waals surface area (Å²) in [6.07, 6.45) is 3.02. The van der Waals surface area contributed by atoms with E-state index in [0.29, 0.717) is 0 Å². The Morgan fingerprint density at radius 1 is 1.53 bits per heavy atom. The molecule has 0 unspecified atom stereocenters. The first-order chi connectivity index (χ1) is 7.29. The van der Waals surface area contributed by atoms with Crippen LogP contribution >= 0.6 is 11.3 Å². The van der Waals surface area contributed by atoms with Gasteiger partial charge in [0.2, 0.25) is 0 Å². The number of fused-ring (bicyclic) bond motifs is 1. The van der Waals surface area contributed by atoms with Gasteiger partial charge in [0.15, 0.2) is 0 Å². The van der Waals surface area contributed by atoms with Gasteiger partial charge in [0.1, 0.15) is 0 Å². The second kappa shape index (κ2) is 4.18. The summed E-state index contributed by atoms with van der Waals surface area (Å²) in [6, 6.07) is 5.97. The lowest BCUT2D eigenvalue weighted by molar-refractivity contribution is 1.14. The summed E-state index contributed by atoms with van der Waals surface area (Å²) in [5.74, 6) is 0. The predicted molar refractivity (Wildman–Crippen MR) is 62.3 cm³/mol. The van der Waals surface area contributed by atoms with Gasteiger partial charge in [-0.3, -0.25) is 0 Å². The number of anilines is 1. The molecule has 4 nitrogen and oxygen atoms in total. The van der Waals surface area contributed by atoms with Crippen molar-refractivity contribution in [1.82, 2.24) is 4.98 Å². The molecule has 0 saturated carbocycles. The van der Waals surface area contributed by atoms with Crippen LogP contribution in [0, 0.1) is 12.5 Å². The molecule has 2 rings (SSSR count). The SMILES string of the molecule is Cc1nc2ccc(N/C=C\N=N)cc2s1. The Labute approximate surface area is 91.2 Å². The number of aryl methyl sites for hydroxylation is 1. The van der Waals surface area contributed by atoms with Crippen molar-refractivity contribution < 1.29 is 0 Å². The Morgan fingerprint density at radius 3 is 3.20 bits per heavy atom. The summed E-state index contributed by atoms with van der Waals surface area (Å²) < 4.78 is 1.16. The first-order valence-corrected chi connectivity index (χ1v) is 5.26. The molecule has 5 heteroatoms. The highest BCUT2D eigenvalue weighted by Crippen LogP contribution is 2.24. The fraction of sp³-hybridized carbons (Fsp3) is 0.100. The minimum Gasteiger partial charge on any atom is -0.360 e. The molecule has 0 amide bonds. The molecule has 0 aliphatic rings. The maximum absolute atomic E-state index is 6.59. The molecule has 2 N–H and O–H groups in total. The van der Waals surface area contributed by atoms with Crippen LogP contribution in [0.25, 0.3) is 10.2 Å². The Kier molecular flexibility index (Phi) is 2.73. The molecule has 1 aromatic carbocycles. The molecule has 76 valence electrons. The summed E-state index contributed by atoms with van der Waals surface area (Å²) in [7, 11) is 0. The smallest absolute Gasteiger partial charge is 0.0907 e. The van der Waals surface area contributed by atoms with E-state index in [1.807, 2.05) is 25.1 Å². The lowest BCUT2D eigenvalue weighted by Gasteiger charge is -1.98. The number of hydrogen-bond acceptors (Lipinski definition) is 5. The van der Waals surface area contributed by atoms with Crippen LogP contribution in [0.4, 0.5) is 5.69 Å². The number of aromatic nitrogens is 1. The fourth-order valence-corrected chi connectivity index (χ4v) is 2.17. The molecule has 0 saturated heterocycles. The lowest BCUT2D eigenvalue weighted by Crippen LogP contribution is -1.85. The van der Waals surface area contributed by atoms with Gasteiger partial charge in [0, 0.05) is 11.9 Å². The van der Waals surface area contributed by atoms with Gasteiger partial charge in [-0.25, -0.2) is 10.5 Å². The zero-order valence-electron chi connectivity index (χ0n) is 8.19. The fourth-order valence-electron chi connectivity index (χ4n) is 1.30. The number of nitrogens with zero attached hydrogens (tertiary/aromatic N) is 2. The van der Waals surface area contributed by atoms with Gasteiger partial charge >= 0.3 is 0 Å². The molecule has 1 aromatic heterocycles. The van der Waals surface area contributed by atoms with Crippen molar-refractivity contribution in [2.75, 3.05) is 5.32 Å². The van der Waals surface area contributed by atoms with Crippen LogP contribution < -0.4 is 5.32 Å². The van der Waals surface area contributed by atoms with E-state index in [0.717, 1.165) is 20.9 Å². The largest absolute Gasteiger partial charge is 0.360 e. The Balaban J connectivity index is 2.29. The van der Waals surface area contributed by atoms with E-state index in [9.17, 15) is 0 Å². The highest BCUT2D eigenvalue weighted by atomic mass is 32.1. The van der Waals surface area contributed by atoms with Gasteiger partial charge in [0.25, 0.3) is 0 Å². The van der Waals surface area contributed by atoms with Gasteiger partial charge in [-0.1, -0.05) is 0 Å². The third-order valence-corrected chi connectivity index (χ3v) is 2.83. The Bertz CT molecular complexity index is 515. The molecular weight excluding hydrogens is 208 g/mol. The second-order valence-corrected chi connectivity index (χ2v) is 4.24. The maximum atomic E-state index is 6.59. The van der Waals surface area contributed by atoms with E-state index in [2.05, 4.69) is 15.4 Å². The third-order valence-electron chi connectivity index (χ3n) is 1.89. The second-order valence-electron chi connectivity index (χ2n) is 3.00. The average molecular weight is 218 g/mol.